The fraction of sp³-hybridized carbons (Fsp3) is 0.571. The van der Waals surface area contributed by atoms with Crippen LogP contribution in [0.4, 0.5) is 9.18 Å². The van der Waals surface area contributed by atoms with Crippen molar-refractivity contribution in [3.8, 4) is 0 Å². The molecule has 1 aromatic rings. The number of hydrogen-bond donors (Lipinski definition) is 1. The SMILES string of the molecule is CCCC[C@]1(c2ccc(F)cc2)NC(=O)N(CC(=O)N2CCC[C@@H](C)C2)C1=O. The van der Waals surface area contributed by atoms with Gasteiger partial charge in [-0.3, -0.25) is 14.5 Å². The number of nitrogens with one attached hydrogen (secondary N) is 1. The van der Waals surface area contributed by atoms with Gasteiger partial charge in [0.1, 0.15) is 17.9 Å². The minimum absolute atomic E-state index is 0.208. The maximum Gasteiger partial charge on any atom is 0.325 e. The van der Waals surface area contributed by atoms with Gasteiger partial charge in [-0.25, -0.2) is 9.18 Å². The molecule has 2 fully saturated rings. The molecule has 1 N–H and O–H groups in total. The summed E-state index contributed by atoms with van der Waals surface area (Å²) in [5.74, 6) is -0.627. The average molecular weight is 389 g/mol. The minimum atomic E-state index is -1.24. The van der Waals surface area contributed by atoms with Gasteiger partial charge in [0, 0.05) is 13.1 Å². The van der Waals surface area contributed by atoms with Gasteiger partial charge in [-0.1, -0.05) is 38.8 Å². The Hall–Kier alpha value is -2.44. The summed E-state index contributed by atoms with van der Waals surface area (Å²) in [6.45, 7) is 5.15. The van der Waals surface area contributed by atoms with E-state index in [2.05, 4.69) is 12.2 Å². The molecule has 2 aliphatic rings. The molecule has 0 aromatic heterocycles. The van der Waals surface area contributed by atoms with E-state index in [9.17, 15) is 18.8 Å². The highest BCUT2D eigenvalue weighted by Crippen LogP contribution is 2.34. The highest BCUT2D eigenvalue weighted by atomic mass is 19.1. The Morgan fingerprint density at radius 3 is 2.64 bits per heavy atom. The van der Waals surface area contributed by atoms with Crippen molar-refractivity contribution >= 4 is 17.8 Å². The molecule has 6 nitrogen and oxygen atoms in total. The lowest BCUT2D eigenvalue weighted by Crippen LogP contribution is -2.47. The summed E-state index contributed by atoms with van der Waals surface area (Å²) in [7, 11) is 0. The second-order valence-electron chi connectivity index (χ2n) is 7.92. The number of benzene rings is 1. The summed E-state index contributed by atoms with van der Waals surface area (Å²) < 4.78 is 13.4. The van der Waals surface area contributed by atoms with Crippen LogP contribution in [-0.2, 0) is 15.1 Å². The van der Waals surface area contributed by atoms with E-state index in [4.69, 9.17) is 0 Å². The van der Waals surface area contributed by atoms with E-state index in [1.54, 1.807) is 4.90 Å². The van der Waals surface area contributed by atoms with Crippen LogP contribution in [0.5, 0.6) is 0 Å². The Morgan fingerprint density at radius 1 is 1.29 bits per heavy atom. The van der Waals surface area contributed by atoms with Gasteiger partial charge < -0.3 is 10.2 Å². The molecule has 28 heavy (non-hydrogen) atoms. The lowest BCUT2D eigenvalue weighted by atomic mass is 9.85. The van der Waals surface area contributed by atoms with Crippen LogP contribution in [0.1, 0.15) is 51.5 Å². The van der Waals surface area contributed by atoms with Crippen LogP contribution in [0.2, 0.25) is 0 Å². The van der Waals surface area contributed by atoms with E-state index >= 15 is 0 Å². The van der Waals surface area contributed by atoms with Crippen LogP contribution < -0.4 is 5.32 Å². The molecule has 0 unspecified atom stereocenters. The Bertz CT molecular complexity index is 752. The monoisotopic (exact) mass is 389 g/mol. The summed E-state index contributed by atoms with van der Waals surface area (Å²) in [4.78, 5) is 41.4. The normalized spacial score (nSPS) is 25.2. The first-order valence-electron chi connectivity index (χ1n) is 10.1. The fourth-order valence-corrected chi connectivity index (χ4v) is 4.11. The van der Waals surface area contributed by atoms with Gasteiger partial charge in [-0.05, 0) is 42.9 Å². The molecule has 7 heteroatoms. The van der Waals surface area contributed by atoms with Crippen molar-refractivity contribution in [3.63, 3.8) is 0 Å². The van der Waals surface area contributed by atoms with Crippen molar-refractivity contribution in [1.29, 1.82) is 0 Å². The number of imide groups is 1. The lowest BCUT2D eigenvalue weighted by molar-refractivity contribution is -0.140. The van der Waals surface area contributed by atoms with E-state index in [0.717, 1.165) is 30.6 Å². The van der Waals surface area contributed by atoms with Gasteiger partial charge in [0.2, 0.25) is 5.91 Å². The van der Waals surface area contributed by atoms with Gasteiger partial charge in [-0.15, -0.1) is 0 Å². The van der Waals surface area contributed by atoms with Gasteiger partial charge in [0.25, 0.3) is 5.91 Å². The number of unbranched alkanes of at least 4 members (excludes halogenated alkanes) is 1. The van der Waals surface area contributed by atoms with Crippen molar-refractivity contribution in [2.45, 2.75) is 51.5 Å². The van der Waals surface area contributed by atoms with Crippen LogP contribution in [0, 0.1) is 11.7 Å². The fourth-order valence-electron chi connectivity index (χ4n) is 4.11. The predicted molar refractivity (Wildman–Crippen MR) is 103 cm³/mol. The molecule has 0 aliphatic carbocycles. The van der Waals surface area contributed by atoms with Crippen molar-refractivity contribution in [2.75, 3.05) is 19.6 Å². The van der Waals surface area contributed by atoms with Gasteiger partial charge >= 0.3 is 6.03 Å². The number of amides is 4. The number of likely N-dealkylation sites (tertiary alicyclic amines) is 1. The van der Waals surface area contributed by atoms with Crippen molar-refractivity contribution in [1.82, 2.24) is 15.1 Å². The number of carbonyl (C=O) groups excluding carboxylic acids is 3. The first-order valence-corrected chi connectivity index (χ1v) is 10.1. The van der Waals surface area contributed by atoms with Crippen LogP contribution in [0.15, 0.2) is 24.3 Å². The first-order chi connectivity index (χ1) is 13.4. The molecule has 152 valence electrons. The Balaban J connectivity index is 1.82. The molecule has 4 amide bonds. The summed E-state index contributed by atoms with van der Waals surface area (Å²) >= 11 is 0. The molecular weight excluding hydrogens is 361 g/mol. The third kappa shape index (κ3) is 3.88. The van der Waals surface area contributed by atoms with Crippen LogP contribution in [0.25, 0.3) is 0 Å². The molecule has 2 atom stereocenters. The van der Waals surface area contributed by atoms with Gasteiger partial charge in [-0.2, -0.15) is 0 Å². The largest absolute Gasteiger partial charge is 0.341 e. The molecule has 0 radical (unpaired) electrons. The Kier molecular flexibility index (Phi) is 6.01. The summed E-state index contributed by atoms with van der Waals surface area (Å²) in [5, 5.41) is 2.80. The predicted octanol–water partition coefficient (Wildman–Crippen LogP) is 3.02. The van der Waals surface area contributed by atoms with Crippen molar-refractivity contribution in [2.24, 2.45) is 5.92 Å². The van der Waals surface area contributed by atoms with Crippen molar-refractivity contribution in [3.05, 3.63) is 35.6 Å². The van der Waals surface area contributed by atoms with Crippen LogP contribution >= 0.6 is 0 Å². The second-order valence-corrected chi connectivity index (χ2v) is 7.92. The number of hydrogen-bond acceptors (Lipinski definition) is 3. The van der Waals surface area contributed by atoms with E-state index in [1.165, 1.54) is 24.3 Å². The molecule has 3 rings (SSSR count). The van der Waals surface area contributed by atoms with E-state index in [0.29, 0.717) is 31.0 Å². The number of nitrogens with zero attached hydrogens (tertiary/aromatic N) is 2. The topological polar surface area (TPSA) is 69.7 Å². The smallest absolute Gasteiger partial charge is 0.325 e. The zero-order valence-corrected chi connectivity index (χ0v) is 16.5. The number of rotatable bonds is 6. The Morgan fingerprint density at radius 2 is 2.00 bits per heavy atom. The molecule has 0 bridgehead atoms. The highest BCUT2D eigenvalue weighted by molar-refractivity contribution is 6.09. The van der Waals surface area contributed by atoms with Gasteiger partial charge in [0.15, 0.2) is 0 Å². The molecule has 2 aliphatic heterocycles. The van der Waals surface area contributed by atoms with Crippen LogP contribution in [0.3, 0.4) is 0 Å². The molecular formula is C21H28FN3O3. The number of piperidine rings is 1. The number of carbonyl (C=O) groups is 3. The maximum absolute atomic E-state index is 13.4. The number of urea groups is 1. The molecule has 0 spiro atoms. The van der Waals surface area contributed by atoms with E-state index < -0.39 is 23.3 Å². The summed E-state index contributed by atoms with van der Waals surface area (Å²) in [6.07, 6.45) is 3.98. The third-order valence-electron chi connectivity index (χ3n) is 5.72. The molecule has 1 aromatic carbocycles. The minimum Gasteiger partial charge on any atom is -0.341 e. The zero-order chi connectivity index (χ0) is 20.3. The maximum atomic E-state index is 13.4. The lowest BCUT2D eigenvalue weighted by Gasteiger charge is -2.32. The summed E-state index contributed by atoms with van der Waals surface area (Å²) in [6, 6.07) is 5.06. The second kappa shape index (κ2) is 8.29. The molecule has 0 saturated carbocycles. The van der Waals surface area contributed by atoms with Crippen LogP contribution in [-0.4, -0.2) is 47.3 Å². The molecule has 2 heterocycles. The standard InChI is InChI=1S/C21H28FN3O3/c1-3-4-11-21(16-7-9-17(22)10-8-16)19(27)25(20(28)23-21)14-18(26)24-12-5-6-15(2)13-24/h7-10,15H,3-6,11-14H2,1-2H3,(H,23,28)/t15-,21-/m1/s1. The average Bonchev–Trinajstić information content (AvgIpc) is 2.92. The van der Waals surface area contributed by atoms with E-state index in [-0.39, 0.29) is 12.5 Å². The highest BCUT2D eigenvalue weighted by Gasteiger charge is 2.52. The first kappa shape index (κ1) is 20.3. The van der Waals surface area contributed by atoms with Gasteiger partial charge in [0.05, 0.1) is 0 Å². The quantitative estimate of drug-likeness (QED) is 0.761. The summed E-state index contributed by atoms with van der Waals surface area (Å²) in [5.41, 5.74) is -0.696. The zero-order valence-electron chi connectivity index (χ0n) is 16.5. The van der Waals surface area contributed by atoms with Crippen molar-refractivity contribution < 1.29 is 18.8 Å². The number of halogens is 1. The Labute approximate surface area is 165 Å². The molecule has 2 saturated heterocycles. The third-order valence-corrected chi connectivity index (χ3v) is 5.72. The van der Waals surface area contributed by atoms with E-state index in [1.807, 2.05) is 6.92 Å².